The average molecular weight is 409 g/mol. The van der Waals surface area contributed by atoms with Crippen molar-refractivity contribution in [2.75, 3.05) is 39.9 Å². The predicted octanol–water partition coefficient (Wildman–Crippen LogP) is 3.97. The largest absolute Gasteiger partial charge is 0.457 e. The van der Waals surface area contributed by atoms with Crippen LogP contribution in [0.25, 0.3) is 12.2 Å². The lowest BCUT2D eigenvalue weighted by molar-refractivity contribution is -0.908. The average Bonchev–Trinajstić information content (AvgIpc) is 2.78. The van der Waals surface area contributed by atoms with Gasteiger partial charge in [-0.05, 0) is 30.2 Å². The van der Waals surface area contributed by atoms with Gasteiger partial charge in [0.05, 0.1) is 13.6 Å². The number of likely N-dealkylation sites (N-methyl/N-ethyl adjacent to an activating group) is 1. The van der Waals surface area contributed by atoms with E-state index in [1.54, 1.807) is 12.2 Å². The molecule has 0 aliphatic heterocycles. The molecule has 0 radical (unpaired) electrons. The molecule has 0 saturated carbocycles. The van der Waals surface area contributed by atoms with E-state index in [-0.39, 0.29) is 11.9 Å². The standard InChI is InChI=1S/C25H30NO4/c1-3-26(2,18-20-29-24(27)16-14-22-10-6-4-7-11-22)19-21-30-25(28)17-15-23-12-8-5-9-13-23/h4-17H,3,18-21H2,1-2H3/q+1/b16-14+,17-15+. The number of rotatable bonds is 11. The Labute approximate surface area is 178 Å². The first kappa shape index (κ1) is 23.1. The Morgan fingerprint density at radius 3 is 1.53 bits per heavy atom. The van der Waals surface area contributed by atoms with Gasteiger partial charge in [0.15, 0.2) is 0 Å². The van der Waals surface area contributed by atoms with E-state index >= 15 is 0 Å². The highest BCUT2D eigenvalue weighted by Crippen LogP contribution is 2.05. The third kappa shape index (κ3) is 8.88. The van der Waals surface area contributed by atoms with Gasteiger partial charge in [0, 0.05) is 12.2 Å². The van der Waals surface area contributed by atoms with E-state index < -0.39 is 0 Å². The smallest absolute Gasteiger partial charge is 0.330 e. The van der Waals surface area contributed by atoms with Crippen molar-refractivity contribution in [3.63, 3.8) is 0 Å². The number of esters is 2. The Hall–Kier alpha value is -3.18. The molecule has 0 atom stereocenters. The number of carbonyl (C=O) groups is 2. The van der Waals surface area contributed by atoms with E-state index in [1.807, 2.05) is 60.7 Å². The maximum Gasteiger partial charge on any atom is 0.330 e. The lowest BCUT2D eigenvalue weighted by Crippen LogP contribution is -2.48. The summed E-state index contributed by atoms with van der Waals surface area (Å²) in [6.07, 6.45) is 6.34. The second-order valence-corrected chi connectivity index (χ2v) is 7.21. The van der Waals surface area contributed by atoms with Gasteiger partial charge in [-0.1, -0.05) is 60.7 Å². The van der Waals surface area contributed by atoms with Gasteiger partial charge < -0.3 is 14.0 Å². The highest BCUT2D eigenvalue weighted by molar-refractivity contribution is 5.87. The van der Waals surface area contributed by atoms with Crippen molar-refractivity contribution >= 4 is 24.1 Å². The molecule has 0 unspecified atom stereocenters. The Morgan fingerprint density at radius 2 is 1.17 bits per heavy atom. The molecule has 0 aromatic heterocycles. The highest BCUT2D eigenvalue weighted by atomic mass is 16.5. The third-order valence-corrected chi connectivity index (χ3v) is 4.94. The summed E-state index contributed by atoms with van der Waals surface area (Å²) in [7, 11) is 2.06. The normalized spacial score (nSPS) is 11.7. The zero-order valence-electron chi connectivity index (χ0n) is 17.7. The Kier molecular flexibility index (Phi) is 9.55. The van der Waals surface area contributed by atoms with Crippen molar-refractivity contribution in [3.8, 4) is 0 Å². The summed E-state index contributed by atoms with van der Waals surface area (Å²) in [4.78, 5) is 23.8. The van der Waals surface area contributed by atoms with Gasteiger partial charge in [0.2, 0.25) is 0 Å². The maximum atomic E-state index is 11.9. The molecular weight excluding hydrogens is 378 g/mol. The molecule has 0 N–H and O–H groups in total. The van der Waals surface area contributed by atoms with Crippen molar-refractivity contribution in [2.24, 2.45) is 0 Å². The van der Waals surface area contributed by atoms with Gasteiger partial charge in [-0.15, -0.1) is 0 Å². The van der Waals surface area contributed by atoms with Crippen LogP contribution in [0.15, 0.2) is 72.8 Å². The summed E-state index contributed by atoms with van der Waals surface area (Å²) < 4.78 is 11.3. The summed E-state index contributed by atoms with van der Waals surface area (Å²) in [6.45, 7) is 4.83. The minimum absolute atomic E-state index is 0.310. The van der Waals surface area contributed by atoms with Crippen LogP contribution in [-0.2, 0) is 19.1 Å². The summed E-state index contributed by atoms with van der Waals surface area (Å²) in [5, 5.41) is 0. The first-order valence-electron chi connectivity index (χ1n) is 10.1. The molecule has 0 aliphatic carbocycles. The number of nitrogens with zero attached hydrogens (tertiary/aromatic N) is 1. The van der Waals surface area contributed by atoms with Crippen LogP contribution in [0, 0.1) is 0 Å². The summed E-state index contributed by atoms with van der Waals surface area (Å²) in [5.74, 6) is -0.724. The van der Waals surface area contributed by atoms with Crippen molar-refractivity contribution in [3.05, 3.63) is 83.9 Å². The van der Waals surface area contributed by atoms with Gasteiger partial charge in [0.1, 0.15) is 26.3 Å². The molecule has 0 spiro atoms. The van der Waals surface area contributed by atoms with E-state index in [9.17, 15) is 9.59 Å². The third-order valence-electron chi connectivity index (χ3n) is 4.94. The molecule has 2 aromatic rings. The Balaban J connectivity index is 1.69. The van der Waals surface area contributed by atoms with Gasteiger partial charge in [-0.3, -0.25) is 0 Å². The number of benzene rings is 2. The quantitative estimate of drug-likeness (QED) is 0.321. The number of ether oxygens (including phenoxy) is 2. The molecule has 2 aromatic carbocycles. The molecule has 0 saturated heterocycles. The second-order valence-electron chi connectivity index (χ2n) is 7.21. The number of hydrogen-bond donors (Lipinski definition) is 0. The maximum absolute atomic E-state index is 11.9. The first-order chi connectivity index (χ1) is 14.5. The van der Waals surface area contributed by atoms with Gasteiger partial charge >= 0.3 is 11.9 Å². The lowest BCUT2D eigenvalue weighted by atomic mass is 10.2. The van der Waals surface area contributed by atoms with E-state index in [1.165, 1.54) is 12.2 Å². The van der Waals surface area contributed by atoms with E-state index in [0.29, 0.717) is 30.8 Å². The molecule has 0 amide bonds. The fourth-order valence-electron chi connectivity index (χ4n) is 2.71. The summed E-state index contributed by atoms with van der Waals surface area (Å²) >= 11 is 0. The van der Waals surface area contributed by atoms with Gasteiger partial charge in [-0.25, -0.2) is 9.59 Å². The van der Waals surface area contributed by atoms with Crippen LogP contribution < -0.4 is 0 Å². The van der Waals surface area contributed by atoms with Crippen LogP contribution in [0.1, 0.15) is 18.1 Å². The minimum atomic E-state index is -0.362. The number of quaternary nitrogens is 1. The fraction of sp³-hybridized carbons (Fsp3) is 0.280. The Morgan fingerprint density at radius 1 is 0.767 bits per heavy atom. The van der Waals surface area contributed by atoms with Crippen molar-refractivity contribution in [1.29, 1.82) is 0 Å². The molecule has 2 rings (SSSR count). The lowest BCUT2D eigenvalue weighted by Gasteiger charge is -2.32. The number of hydrogen-bond acceptors (Lipinski definition) is 4. The van der Waals surface area contributed by atoms with Crippen molar-refractivity contribution in [1.82, 2.24) is 0 Å². The van der Waals surface area contributed by atoms with Crippen molar-refractivity contribution < 1.29 is 23.5 Å². The predicted molar refractivity (Wildman–Crippen MR) is 119 cm³/mol. The Bertz CT molecular complexity index is 776. The molecule has 5 nitrogen and oxygen atoms in total. The highest BCUT2D eigenvalue weighted by Gasteiger charge is 2.20. The molecule has 30 heavy (non-hydrogen) atoms. The topological polar surface area (TPSA) is 52.6 Å². The van der Waals surface area contributed by atoms with Crippen LogP contribution in [-0.4, -0.2) is 56.3 Å². The van der Waals surface area contributed by atoms with Gasteiger partial charge in [-0.2, -0.15) is 0 Å². The summed E-state index contributed by atoms with van der Waals surface area (Å²) in [5.41, 5.74) is 1.90. The van der Waals surface area contributed by atoms with E-state index in [0.717, 1.165) is 17.7 Å². The van der Waals surface area contributed by atoms with E-state index in [2.05, 4.69) is 14.0 Å². The SMILES string of the molecule is CC[N+](C)(CCOC(=O)/C=C/c1ccccc1)CCOC(=O)/C=C/c1ccccc1. The second kappa shape index (κ2) is 12.4. The van der Waals surface area contributed by atoms with Crippen LogP contribution in [0.3, 0.4) is 0 Å². The fourth-order valence-corrected chi connectivity index (χ4v) is 2.71. The summed E-state index contributed by atoms with van der Waals surface area (Å²) in [6, 6.07) is 19.2. The molecule has 0 aliphatic rings. The monoisotopic (exact) mass is 408 g/mol. The van der Waals surface area contributed by atoms with Crippen LogP contribution in [0.5, 0.6) is 0 Å². The molecule has 158 valence electrons. The minimum Gasteiger partial charge on any atom is -0.457 e. The molecular formula is C25H30NO4+. The molecule has 0 fully saturated rings. The molecule has 0 bridgehead atoms. The van der Waals surface area contributed by atoms with Crippen LogP contribution in [0.4, 0.5) is 0 Å². The zero-order valence-corrected chi connectivity index (χ0v) is 17.7. The van der Waals surface area contributed by atoms with Gasteiger partial charge in [0.25, 0.3) is 0 Å². The zero-order chi connectivity index (χ0) is 21.7. The number of carbonyl (C=O) groups excluding carboxylic acids is 2. The molecule has 0 heterocycles. The van der Waals surface area contributed by atoms with Crippen LogP contribution in [0.2, 0.25) is 0 Å². The van der Waals surface area contributed by atoms with Crippen molar-refractivity contribution in [2.45, 2.75) is 6.92 Å². The molecule has 5 heteroatoms. The first-order valence-corrected chi connectivity index (χ1v) is 10.1. The van der Waals surface area contributed by atoms with Crippen LogP contribution >= 0.6 is 0 Å². The van der Waals surface area contributed by atoms with E-state index in [4.69, 9.17) is 9.47 Å².